The summed E-state index contributed by atoms with van der Waals surface area (Å²) in [4.78, 5) is 0. The fourth-order valence-corrected chi connectivity index (χ4v) is 11.9. The summed E-state index contributed by atoms with van der Waals surface area (Å²) in [5.74, 6) is 0.183. The molecule has 12 aromatic rings. The molecular weight excluding hydrogens is 783 g/mol. The van der Waals surface area contributed by atoms with E-state index in [1.807, 2.05) is 0 Å². The van der Waals surface area contributed by atoms with E-state index in [4.69, 9.17) is 0 Å². The second-order valence-corrected chi connectivity index (χ2v) is 17.9. The Morgan fingerprint density at radius 3 is 1.72 bits per heavy atom. The van der Waals surface area contributed by atoms with Gasteiger partial charge in [0.1, 0.15) is 0 Å². The molecule has 302 valence electrons. The molecule has 2 aliphatic rings. The van der Waals surface area contributed by atoms with Gasteiger partial charge in [0, 0.05) is 27.9 Å². The Morgan fingerprint density at radius 2 is 0.954 bits per heavy atom. The Morgan fingerprint density at radius 1 is 0.354 bits per heavy atom. The third-order valence-corrected chi connectivity index (χ3v) is 14.7. The average molecular weight is 824 g/mol. The van der Waals surface area contributed by atoms with Crippen LogP contribution in [0.4, 0.5) is 0 Å². The van der Waals surface area contributed by atoms with Crippen LogP contribution in [0.5, 0.6) is 0 Å². The SMILES string of the molecule is c1ccc(C2(c3ccccc3)c3ccccc3-c3ccc4c5cc(-c6ccc7c(c6)-c6ccccc6C7c6ccc7ccccc7c6)ccc5n(-c5ccc6ccccc6c5)c4c32)cc1. The van der Waals surface area contributed by atoms with Gasteiger partial charge in [0.05, 0.1) is 16.4 Å². The molecule has 2 aliphatic carbocycles. The molecule has 0 amide bonds. The van der Waals surface area contributed by atoms with Gasteiger partial charge in [-0.2, -0.15) is 0 Å². The van der Waals surface area contributed by atoms with Crippen LogP contribution in [0.2, 0.25) is 0 Å². The molecule has 0 saturated heterocycles. The van der Waals surface area contributed by atoms with E-state index >= 15 is 0 Å². The van der Waals surface area contributed by atoms with Crippen molar-refractivity contribution in [1.29, 1.82) is 0 Å². The molecular formula is C64H41N. The molecule has 0 saturated carbocycles. The maximum absolute atomic E-state index is 2.57. The number of hydrogen-bond donors (Lipinski definition) is 0. The van der Waals surface area contributed by atoms with Crippen molar-refractivity contribution in [3.63, 3.8) is 0 Å². The van der Waals surface area contributed by atoms with Crippen molar-refractivity contribution >= 4 is 43.4 Å². The fourth-order valence-electron chi connectivity index (χ4n) is 11.9. The highest BCUT2D eigenvalue weighted by molar-refractivity contribution is 6.15. The number of hydrogen-bond acceptors (Lipinski definition) is 0. The van der Waals surface area contributed by atoms with Gasteiger partial charge in [0.15, 0.2) is 0 Å². The van der Waals surface area contributed by atoms with Crippen LogP contribution in [0.3, 0.4) is 0 Å². The van der Waals surface area contributed by atoms with Gasteiger partial charge in [0.2, 0.25) is 0 Å². The van der Waals surface area contributed by atoms with Crippen molar-refractivity contribution in [2.75, 3.05) is 0 Å². The smallest absolute Gasteiger partial charge is 0.0734 e. The van der Waals surface area contributed by atoms with Crippen LogP contribution in [0.1, 0.15) is 44.9 Å². The van der Waals surface area contributed by atoms with E-state index in [1.165, 1.54) is 116 Å². The first kappa shape index (κ1) is 36.2. The molecule has 1 atom stereocenters. The number of aromatic nitrogens is 1. The molecule has 1 heterocycles. The highest BCUT2D eigenvalue weighted by atomic mass is 15.0. The minimum absolute atomic E-state index is 0.183. The first-order chi connectivity index (χ1) is 32.2. The van der Waals surface area contributed by atoms with Crippen LogP contribution in [0.25, 0.3) is 82.4 Å². The lowest BCUT2D eigenvalue weighted by Crippen LogP contribution is -2.29. The molecule has 14 rings (SSSR count). The van der Waals surface area contributed by atoms with Crippen LogP contribution in [0, 0.1) is 0 Å². The van der Waals surface area contributed by atoms with Crippen molar-refractivity contribution in [1.82, 2.24) is 4.57 Å². The second kappa shape index (κ2) is 13.9. The van der Waals surface area contributed by atoms with Gasteiger partial charge < -0.3 is 4.57 Å². The average Bonchev–Trinajstić information content (AvgIpc) is 4.00. The number of nitrogens with zero attached hydrogens (tertiary/aromatic N) is 1. The molecule has 0 radical (unpaired) electrons. The Kier molecular flexibility index (Phi) is 7.73. The zero-order valence-corrected chi connectivity index (χ0v) is 35.6. The maximum Gasteiger partial charge on any atom is 0.0734 e. The van der Waals surface area contributed by atoms with E-state index in [0.29, 0.717) is 0 Å². The molecule has 0 spiro atoms. The lowest BCUT2D eigenvalue weighted by Gasteiger charge is -2.34. The molecule has 1 aromatic heterocycles. The summed E-state index contributed by atoms with van der Waals surface area (Å²) in [5, 5.41) is 7.51. The first-order valence-electron chi connectivity index (χ1n) is 22.8. The van der Waals surface area contributed by atoms with E-state index in [0.717, 1.165) is 5.69 Å². The zero-order valence-electron chi connectivity index (χ0n) is 35.6. The van der Waals surface area contributed by atoms with Gasteiger partial charge in [-0.1, -0.05) is 212 Å². The molecule has 65 heavy (non-hydrogen) atoms. The van der Waals surface area contributed by atoms with Crippen molar-refractivity contribution in [3.05, 3.63) is 282 Å². The van der Waals surface area contributed by atoms with Gasteiger partial charge in [-0.05, 0) is 119 Å². The van der Waals surface area contributed by atoms with E-state index in [2.05, 4.69) is 247 Å². The summed E-state index contributed by atoms with van der Waals surface area (Å²) < 4.78 is 2.57. The third-order valence-electron chi connectivity index (χ3n) is 14.7. The molecule has 0 N–H and O–H groups in total. The molecule has 1 unspecified atom stereocenters. The summed E-state index contributed by atoms with van der Waals surface area (Å²) in [7, 11) is 0. The zero-order chi connectivity index (χ0) is 42.6. The van der Waals surface area contributed by atoms with E-state index in [1.54, 1.807) is 0 Å². The highest BCUT2D eigenvalue weighted by Crippen LogP contribution is 2.59. The minimum atomic E-state index is -0.561. The summed E-state index contributed by atoms with van der Waals surface area (Å²) in [6.45, 7) is 0. The molecule has 0 fully saturated rings. The van der Waals surface area contributed by atoms with Gasteiger partial charge in [0.25, 0.3) is 0 Å². The highest BCUT2D eigenvalue weighted by Gasteiger charge is 2.48. The molecule has 11 aromatic carbocycles. The fraction of sp³-hybridized carbons (Fsp3) is 0.0312. The number of rotatable bonds is 5. The third kappa shape index (κ3) is 5.15. The summed E-state index contributed by atoms with van der Waals surface area (Å²) in [6.07, 6.45) is 0. The Bertz CT molecular complexity index is 3850. The number of fused-ring (bicyclic) bond motifs is 12. The monoisotopic (exact) mass is 823 g/mol. The van der Waals surface area contributed by atoms with Gasteiger partial charge in [-0.25, -0.2) is 0 Å². The first-order valence-corrected chi connectivity index (χ1v) is 22.8. The van der Waals surface area contributed by atoms with E-state index < -0.39 is 5.41 Å². The Hall–Kier alpha value is -8.26. The Labute approximate surface area is 378 Å². The lowest BCUT2D eigenvalue weighted by atomic mass is 9.67. The van der Waals surface area contributed by atoms with E-state index in [9.17, 15) is 0 Å². The van der Waals surface area contributed by atoms with E-state index in [-0.39, 0.29) is 5.92 Å². The van der Waals surface area contributed by atoms with Crippen LogP contribution in [-0.4, -0.2) is 4.57 Å². The molecule has 0 bridgehead atoms. The maximum atomic E-state index is 2.57. The van der Waals surface area contributed by atoms with Crippen molar-refractivity contribution in [2.24, 2.45) is 0 Å². The van der Waals surface area contributed by atoms with Gasteiger partial charge in [-0.15, -0.1) is 0 Å². The molecule has 1 nitrogen and oxygen atoms in total. The normalized spacial score (nSPS) is 14.4. The van der Waals surface area contributed by atoms with Crippen LogP contribution in [0.15, 0.2) is 243 Å². The standard InChI is InChI=1S/C64H41N/c1-3-19-48(20-4-1)64(49-21-5-2-6-22-49)59-26-14-13-24-52(59)55-34-35-56-58-40-46(31-36-60(58)65(63(56)62(55)64)50-32-29-42-16-8-10-18-44(42)38-50)45-30-33-54-57(39-45)51-23-11-12-25-53(51)61(54)47-28-27-41-15-7-9-17-43(41)37-47/h1-40,61H. The lowest BCUT2D eigenvalue weighted by molar-refractivity contribution is 0.772. The second-order valence-electron chi connectivity index (χ2n) is 17.9. The largest absolute Gasteiger partial charge is 0.309 e. The van der Waals surface area contributed by atoms with Crippen molar-refractivity contribution < 1.29 is 0 Å². The van der Waals surface area contributed by atoms with Gasteiger partial charge >= 0.3 is 0 Å². The Balaban J connectivity index is 1.03. The number of benzene rings is 11. The quantitative estimate of drug-likeness (QED) is 0.163. The molecule has 0 aliphatic heterocycles. The summed E-state index contributed by atoms with van der Waals surface area (Å²) >= 11 is 0. The predicted octanol–water partition coefficient (Wildman–Crippen LogP) is 16.3. The van der Waals surface area contributed by atoms with Crippen LogP contribution < -0.4 is 0 Å². The van der Waals surface area contributed by atoms with Crippen LogP contribution >= 0.6 is 0 Å². The topological polar surface area (TPSA) is 4.93 Å². The minimum Gasteiger partial charge on any atom is -0.309 e. The van der Waals surface area contributed by atoms with Crippen molar-refractivity contribution in [2.45, 2.75) is 11.3 Å². The molecule has 1 heteroatoms. The van der Waals surface area contributed by atoms with Crippen LogP contribution in [-0.2, 0) is 5.41 Å². The summed E-state index contributed by atoms with van der Waals surface area (Å²) in [5.41, 5.74) is 19.9. The van der Waals surface area contributed by atoms with Crippen molar-refractivity contribution in [3.8, 4) is 39.1 Å². The predicted molar refractivity (Wildman–Crippen MR) is 271 cm³/mol. The van der Waals surface area contributed by atoms with Gasteiger partial charge in [-0.3, -0.25) is 0 Å². The summed E-state index contributed by atoms with van der Waals surface area (Å²) in [6, 6.07) is 91.0.